The average Bonchev–Trinajstić information content (AvgIpc) is 2.63. The smallest absolute Gasteiger partial charge is 0.222 e. The van der Waals surface area contributed by atoms with Gasteiger partial charge < -0.3 is 8.94 Å². The maximum absolute atomic E-state index is 5.15. The maximum Gasteiger partial charge on any atom is 0.222 e. The zero-order chi connectivity index (χ0) is 8.39. The Bertz CT molecular complexity index is 352. The molecule has 5 nitrogen and oxygen atoms in total. The third-order valence-corrected chi connectivity index (χ3v) is 1.39. The first kappa shape index (κ1) is 7.02. The first-order valence-electron chi connectivity index (χ1n) is 3.53. The molecule has 0 fully saturated rings. The van der Waals surface area contributed by atoms with Crippen molar-refractivity contribution in [3.05, 3.63) is 29.8 Å². The molecule has 0 aromatic carbocycles. The van der Waals surface area contributed by atoms with Crippen LogP contribution in [0.1, 0.15) is 17.5 Å². The summed E-state index contributed by atoms with van der Waals surface area (Å²) in [6.45, 7) is 1.75. The van der Waals surface area contributed by atoms with Crippen molar-refractivity contribution < 1.29 is 8.94 Å². The summed E-state index contributed by atoms with van der Waals surface area (Å²) in [4.78, 5) is 0. The molecule has 0 unspecified atom stereocenters. The molecule has 0 aliphatic carbocycles. The van der Waals surface area contributed by atoms with Crippen molar-refractivity contribution in [3.8, 4) is 0 Å². The third kappa shape index (κ3) is 1.34. The lowest BCUT2D eigenvalue weighted by atomic mass is 10.3. The highest BCUT2D eigenvalue weighted by atomic mass is 16.5. The summed E-state index contributed by atoms with van der Waals surface area (Å²) >= 11 is 0. The fraction of sp³-hybridized carbons (Fsp3) is 0.286. The van der Waals surface area contributed by atoms with Gasteiger partial charge in [0.15, 0.2) is 0 Å². The van der Waals surface area contributed by atoms with Crippen molar-refractivity contribution in [2.24, 2.45) is 0 Å². The van der Waals surface area contributed by atoms with Gasteiger partial charge in [-0.15, -0.1) is 10.2 Å². The van der Waals surface area contributed by atoms with E-state index in [1.807, 2.05) is 0 Å². The fourth-order valence-electron chi connectivity index (χ4n) is 0.893. The zero-order valence-corrected chi connectivity index (χ0v) is 6.52. The van der Waals surface area contributed by atoms with Crippen LogP contribution in [-0.4, -0.2) is 15.4 Å². The van der Waals surface area contributed by atoms with Crippen LogP contribution in [0.3, 0.4) is 0 Å². The third-order valence-electron chi connectivity index (χ3n) is 1.39. The van der Waals surface area contributed by atoms with Gasteiger partial charge in [0.05, 0.1) is 12.1 Å². The second-order valence-electron chi connectivity index (χ2n) is 2.38. The Labute approximate surface area is 68.4 Å². The molecule has 2 heterocycles. The Morgan fingerprint density at radius 2 is 2.33 bits per heavy atom. The van der Waals surface area contributed by atoms with Gasteiger partial charge in [-0.3, -0.25) is 0 Å². The van der Waals surface area contributed by atoms with Crippen molar-refractivity contribution in [1.82, 2.24) is 15.4 Å². The average molecular weight is 165 g/mol. The minimum atomic E-state index is 0.525. The van der Waals surface area contributed by atoms with Gasteiger partial charge in [-0.2, -0.15) is 0 Å². The zero-order valence-electron chi connectivity index (χ0n) is 6.52. The van der Waals surface area contributed by atoms with Crippen molar-refractivity contribution in [3.63, 3.8) is 0 Å². The number of aromatic nitrogens is 3. The van der Waals surface area contributed by atoms with Crippen LogP contribution < -0.4 is 0 Å². The van der Waals surface area contributed by atoms with Gasteiger partial charge in [0.2, 0.25) is 11.8 Å². The molecular weight excluding hydrogens is 158 g/mol. The minimum absolute atomic E-state index is 0.525. The van der Waals surface area contributed by atoms with Crippen LogP contribution in [0.15, 0.2) is 21.3 Å². The molecule has 0 spiro atoms. The summed E-state index contributed by atoms with van der Waals surface area (Å²) in [7, 11) is 0. The van der Waals surface area contributed by atoms with Gasteiger partial charge in [0, 0.05) is 13.0 Å². The van der Waals surface area contributed by atoms with Crippen molar-refractivity contribution in [2.75, 3.05) is 0 Å². The van der Waals surface area contributed by atoms with Gasteiger partial charge >= 0.3 is 0 Å². The largest absolute Gasteiger partial charge is 0.425 e. The van der Waals surface area contributed by atoms with Crippen LogP contribution in [0.5, 0.6) is 0 Å². The molecule has 5 heteroatoms. The van der Waals surface area contributed by atoms with Gasteiger partial charge in [-0.25, -0.2) is 0 Å². The summed E-state index contributed by atoms with van der Waals surface area (Å²) in [6, 6.07) is 1.76. The Hall–Kier alpha value is -1.65. The fourth-order valence-corrected chi connectivity index (χ4v) is 0.893. The summed E-state index contributed by atoms with van der Waals surface area (Å²) in [5.74, 6) is 1.12. The van der Waals surface area contributed by atoms with Crippen molar-refractivity contribution >= 4 is 0 Å². The lowest BCUT2D eigenvalue weighted by molar-refractivity contribution is 0.408. The number of hydrogen-bond acceptors (Lipinski definition) is 5. The second kappa shape index (κ2) is 2.77. The quantitative estimate of drug-likeness (QED) is 0.663. The lowest BCUT2D eigenvalue weighted by Crippen LogP contribution is -1.87. The molecule has 0 saturated heterocycles. The Morgan fingerprint density at radius 3 is 2.92 bits per heavy atom. The van der Waals surface area contributed by atoms with E-state index in [1.165, 1.54) is 6.26 Å². The van der Waals surface area contributed by atoms with Crippen LogP contribution in [0, 0.1) is 6.92 Å². The highest BCUT2D eigenvalue weighted by Crippen LogP contribution is 2.05. The second-order valence-corrected chi connectivity index (χ2v) is 2.38. The first-order chi connectivity index (χ1) is 5.84. The van der Waals surface area contributed by atoms with Crippen LogP contribution in [0.4, 0.5) is 0 Å². The Balaban J connectivity index is 2.14. The van der Waals surface area contributed by atoms with Crippen LogP contribution in [0.25, 0.3) is 0 Å². The lowest BCUT2D eigenvalue weighted by Gasteiger charge is -1.85. The molecular formula is C7H7N3O2. The molecule has 62 valence electrons. The highest BCUT2D eigenvalue weighted by molar-refractivity contribution is 5.02. The standard InChI is InChI=1S/C7H7N3O2/c1-5-8-9-7(12-5)4-6-2-3-11-10-6/h2-3H,4H2,1H3. The maximum atomic E-state index is 5.15. The molecule has 0 amide bonds. The van der Waals surface area contributed by atoms with Crippen molar-refractivity contribution in [1.29, 1.82) is 0 Å². The Morgan fingerprint density at radius 1 is 1.42 bits per heavy atom. The van der Waals surface area contributed by atoms with E-state index in [1.54, 1.807) is 13.0 Å². The number of aryl methyl sites for hydroxylation is 1. The molecule has 0 saturated carbocycles. The molecule has 0 N–H and O–H groups in total. The summed E-state index contributed by atoms with van der Waals surface area (Å²) in [5.41, 5.74) is 0.790. The SMILES string of the molecule is Cc1nnc(Cc2ccon2)o1. The van der Waals surface area contributed by atoms with E-state index in [4.69, 9.17) is 4.42 Å². The topological polar surface area (TPSA) is 65.0 Å². The minimum Gasteiger partial charge on any atom is -0.425 e. The van der Waals surface area contributed by atoms with E-state index in [0.29, 0.717) is 18.2 Å². The molecule has 2 aromatic heterocycles. The van der Waals surface area contributed by atoms with Crippen LogP contribution in [-0.2, 0) is 6.42 Å². The predicted molar refractivity (Wildman–Crippen MR) is 38.3 cm³/mol. The molecule has 0 aliphatic heterocycles. The Kier molecular flexibility index (Phi) is 1.62. The molecule has 0 atom stereocenters. The molecule has 2 rings (SSSR count). The number of hydrogen-bond donors (Lipinski definition) is 0. The van der Waals surface area contributed by atoms with Gasteiger partial charge in [0.1, 0.15) is 6.26 Å². The molecule has 0 aliphatic rings. The normalized spacial score (nSPS) is 10.4. The molecule has 0 radical (unpaired) electrons. The van der Waals surface area contributed by atoms with E-state index in [9.17, 15) is 0 Å². The molecule has 12 heavy (non-hydrogen) atoms. The van der Waals surface area contributed by atoms with E-state index in [-0.39, 0.29) is 0 Å². The number of nitrogens with zero attached hydrogens (tertiary/aromatic N) is 3. The van der Waals surface area contributed by atoms with Gasteiger partial charge in [0.25, 0.3) is 0 Å². The van der Waals surface area contributed by atoms with E-state index < -0.39 is 0 Å². The van der Waals surface area contributed by atoms with Crippen LogP contribution in [0.2, 0.25) is 0 Å². The summed E-state index contributed by atoms with van der Waals surface area (Å²) < 4.78 is 9.81. The van der Waals surface area contributed by atoms with Gasteiger partial charge in [-0.1, -0.05) is 5.16 Å². The highest BCUT2D eigenvalue weighted by Gasteiger charge is 2.05. The summed E-state index contributed by atoms with van der Waals surface area (Å²) in [5, 5.41) is 11.2. The van der Waals surface area contributed by atoms with E-state index in [2.05, 4.69) is 19.9 Å². The predicted octanol–water partition coefficient (Wildman–Crippen LogP) is 0.957. The van der Waals surface area contributed by atoms with E-state index in [0.717, 1.165) is 5.69 Å². The van der Waals surface area contributed by atoms with Gasteiger partial charge in [-0.05, 0) is 0 Å². The van der Waals surface area contributed by atoms with Crippen LogP contribution >= 0.6 is 0 Å². The molecule has 2 aromatic rings. The molecule has 0 bridgehead atoms. The van der Waals surface area contributed by atoms with E-state index >= 15 is 0 Å². The van der Waals surface area contributed by atoms with Crippen molar-refractivity contribution in [2.45, 2.75) is 13.3 Å². The number of rotatable bonds is 2. The monoisotopic (exact) mass is 165 g/mol. The summed E-state index contributed by atoms with van der Waals surface area (Å²) in [6.07, 6.45) is 2.04. The first-order valence-corrected chi connectivity index (χ1v) is 3.53.